The first-order valence-electron chi connectivity index (χ1n) is 6.84. The second-order valence-electron chi connectivity index (χ2n) is 5.20. The maximum Gasteiger partial charge on any atom is 0.131 e. The average Bonchev–Trinajstić information content (AvgIpc) is 2.93. The molecule has 2 atom stereocenters. The minimum Gasteiger partial charge on any atom is -0.375 e. The fourth-order valence-corrected chi connectivity index (χ4v) is 3.30. The normalized spacial score (nSPS) is 27.8. The number of pyridine rings is 1. The quantitative estimate of drug-likeness (QED) is 0.836. The lowest BCUT2D eigenvalue weighted by molar-refractivity contribution is -0.0544. The Morgan fingerprint density at radius 1 is 1.32 bits per heavy atom. The van der Waals surface area contributed by atoms with Crippen molar-refractivity contribution in [3.05, 3.63) is 22.3 Å². The van der Waals surface area contributed by atoms with Crippen molar-refractivity contribution in [3.8, 4) is 0 Å². The van der Waals surface area contributed by atoms with Crippen LogP contribution >= 0.6 is 15.9 Å². The van der Waals surface area contributed by atoms with Gasteiger partial charge in [0, 0.05) is 30.4 Å². The van der Waals surface area contributed by atoms with Gasteiger partial charge in [0.15, 0.2) is 0 Å². The molecule has 3 heterocycles. The number of halogens is 1. The van der Waals surface area contributed by atoms with E-state index in [0.29, 0.717) is 0 Å². The zero-order valence-corrected chi connectivity index (χ0v) is 12.7. The third-order valence-electron chi connectivity index (χ3n) is 3.79. The first kappa shape index (κ1) is 13.3. The molecule has 0 aliphatic carbocycles. The molecular weight excluding hydrogens is 308 g/mol. The highest BCUT2D eigenvalue weighted by Crippen LogP contribution is 2.26. The molecule has 0 N–H and O–H groups in total. The predicted molar refractivity (Wildman–Crippen MR) is 77.6 cm³/mol. The molecule has 0 spiro atoms. The lowest BCUT2D eigenvalue weighted by Crippen LogP contribution is -2.48. The molecule has 0 saturated carbocycles. The van der Waals surface area contributed by atoms with E-state index in [1.54, 1.807) is 0 Å². The van der Waals surface area contributed by atoms with E-state index in [9.17, 15) is 0 Å². The summed E-state index contributed by atoms with van der Waals surface area (Å²) in [6.07, 6.45) is 4.57. The Balaban J connectivity index is 1.73. The van der Waals surface area contributed by atoms with Crippen molar-refractivity contribution in [1.29, 1.82) is 0 Å². The highest BCUT2D eigenvalue weighted by atomic mass is 79.9. The van der Waals surface area contributed by atoms with Gasteiger partial charge in [-0.3, -0.25) is 0 Å². The molecule has 2 aliphatic heterocycles. The van der Waals surface area contributed by atoms with Gasteiger partial charge in [0.05, 0.1) is 12.7 Å². The topological polar surface area (TPSA) is 34.6 Å². The second-order valence-corrected chi connectivity index (χ2v) is 6.12. The molecule has 0 radical (unpaired) electrons. The Morgan fingerprint density at radius 2 is 2.16 bits per heavy atom. The van der Waals surface area contributed by atoms with Crippen LogP contribution in [0.3, 0.4) is 0 Å². The smallest absolute Gasteiger partial charge is 0.131 e. The van der Waals surface area contributed by atoms with Gasteiger partial charge < -0.3 is 14.4 Å². The molecule has 2 saturated heterocycles. The van der Waals surface area contributed by atoms with Crippen LogP contribution in [0.5, 0.6) is 0 Å². The third kappa shape index (κ3) is 2.93. The molecule has 1 aromatic rings. The number of nitrogens with zero attached hydrogens (tertiary/aromatic N) is 2. The summed E-state index contributed by atoms with van der Waals surface area (Å²) in [4.78, 5) is 6.86. The standard InChI is InChI=1S/C14H19BrN2O2/c1-10-7-11(15)8-16-14(10)17-4-6-19-13(9-17)12-3-2-5-18-12/h7-8,12-13H,2-6,9H2,1H3/t12-,13+/m1/s1. The van der Waals surface area contributed by atoms with Crippen LogP contribution in [0.15, 0.2) is 16.7 Å². The summed E-state index contributed by atoms with van der Waals surface area (Å²) in [6, 6.07) is 2.11. The first-order valence-corrected chi connectivity index (χ1v) is 7.63. The number of rotatable bonds is 2. The molecule has 104 valence electrons. The Kier molecular flexibility index (Phi) is 4.05. The van der Waals surface area contributed by atoms with Crippen LogP contribution in [-0.4, -0.2) is 43.5 Å². The van der Waals surface area contributed by atoms with Crippen molar-refractivity contribution in [2.45, 2.75) is 32.0 Å². The van der Waals surface area contributed by atoms with Crippen molar-refractivity contribution in [2.75, 3.05) is 31.2 Å². The molecule has 4 nitrogen and oxygen atoms in total. The zero-order chi connectivity index (χ0) is 13.2. The summed E-state index contributed by atoms with van der Waals surface area (Å²) in [6.45, 7) is 5.50. The van der Waals surface area contributed by atoms with Gasteiger partial charge in [-0.2, -0.15) is 0 Å². The van der Waals surface area contributed by atoms with Crippen LogP contribution in [0.25, 0.3) is 0 Å². The largest absolute Gasteiger partial charge is 0.375 e. The fraction of sp³-hybridized carbons (Fsp3) is 0.643. The predicted octanol–water partition coefficient (Wildman–Crippen LogP) is 2.54. The summed E-state index contributed by atoms with van der Waals surface area (Å²) in [5, 5.41) is 0. The van der Waals surface area contributed by atoms with Gasteiger partial charge >= 0.3 is 0 Å². The molecule has 0 unspecified atom stereocenters. The summed E-state index contributed by atoms with van der Waals surface area (Å²) in [5.41, 5.74) is 1.20. The molecule has 5 heteroatoms. The van der Waals surface area contributed by atoms with Crippen LogP contribution in [0.4, 0.5) is 5.82 Å². The monoisotopic (exact) mass is 326 g/mol. The summed E-state index contributed by atoms with van der Waals surface area (Å²) in [5.74, 6) is 1.06. The number of aryl methyl sites for hydroxylation is 1. The van der Waals surface area contributed by atoms with Gasteiger partial charge in [-0.1, -0.05) is 0 Å². The SMILES string of the molecule is Cc1cc(Br)cnc1N1CCO[C@H]([C@H]2CCCO2)C1. The van der Waals surface area contributed by atoms with E-state index < -0.39 is 0 Å². The van der Waals surface area contributed by atoms with Crippen molar-refractivity contribution >= 4 is 21.7 Å². The Morgan fingerprint density at radius 3 is 2.89 bits per heavy atom. The van der Waals surface area contributed by atoms with Crippen LogP contribution in [0.1, 0.15) is 18.4 Å². The van der Waals surface area contributed by atoms with E-state index in [1.165, 1.54) is 5.56 Å². The average molecular weight is 327 g/mol. The molecule has 19 heavy (non-hydrogen) atoms. The highest BCUT2D eigenvalue weighted by Gasteiger charge is 2.31. The maximum atomic E-state index is 5.87. The molecule has 3 rings (SSSR count). The van der Waals surface area contributed by atoms with Crippen LogP contribution < -0.4 is 4.90 Å². The number of ether oxygens (including phenoxy) is 2. The van der Waals surface area contributed by atoms with Crippen LogP contribution in [0, 0.1) is 6.92 Å². The van der Waals surface area contributed by atoms with Crippen molar-refractivity contribution < 1.29 is 9.47 Å². The van der Waals surface area contributed by atoms with E-state index >= 15 is 0 Å². The summed E-state index contributed by atoms with van der Waals surface area (Å²) >= 11 is 3.46. The lowest BCUT2D eigenvalue weighted by Gasteiger charge is -2.36. The molecule has 0 bridgehead atoms. The first-order chi connectivity index (χ1) is 9.24. The molecule has 2 fully saturated rings. The van der Waals surface area contributed by atoms with E-state index in [0.717, 1.165) is 49.4 Å². The number of anilines is 1. The molecular formula is C14H19BrN2O2. The second kappa shape index (κ2) is 5.77. The third-order valence-corrected chi connectivity index (χ3v) is 4.22. The minimum atomic E-state index is 0.182. The highest BCUT2D eigenvalue weighted by molar-refractivity contribution is 9.10. The Labute approximate surface area is 122 Å². The van der Waals surface area contributed by atoms with Crippen molar-refractivity contribution in [2.24, 2.45) is 0 Å². The molecule has 2 aliphatic rings. The van der Waals surface area contributed by atoms with Gasteiger partial charge in [-0.25, -0.2) is 4.98 Å². The molecule has 1 aromatic heterocycles. The summed E-state index contributed by atoms with van der Waals surface area (Å²) in [7, 11) is 0. The van der Waals surface area contributed by atoms with Crippen molar-refractivity contribution in [1.82, 2.24) is 4.98 Å². The van der Waals surface area contributed by atoms with Crippen molar-refractivity contribution in [3.63, 3.8) is 0 Å². The van der Waals surface area contributed by atoms with Gasteiger partial charge in [0.2, 0.25) is 0 Å². The van der Waals surface area contributed by atoms with E-state index in [4.69, 9.17) is 9.47 Å². The van der Waals surface area contributed by atoms with E-state index in [1.807, 2.05) is 6.20 Å². The zero-order valence-electron chi connectivity index (χ0n) is 11.1. The van der Waals surface area contributed by atoms with E-state index in [-0.39, 0.29) is 12.2 Å². The van der Waals surface area contributed by atoms with E-state index in [2.05, 4.69) is 38.8 Å². The van der Waals surface area contributed by atoms with Crippen LogP contribution in [0.2, 0.25) is 0 Å². The molecule has 0 amide bonds. The molecule has 0 aromatic carbocycles. The lowest BCUT2D eigenvalue weighted by atomic mass is 10.1. The van der Waals surface area contributed by atoms with Gasteiger partial charge in [-0.15, -0.1) is 0 Å². The van der Waals surface area contributed by atoms with Gasteiger partial charge in [0.25, 0.3) is 0 Å². The minimum absolute atomic E-state index is 0.182. The Bertz CT molecular complexity index is 449. The fourth-order valence-electron chi connectivity index (χ4n) is 2.85. The number of morpholine rings is 1. The maximum absolute atomic E-state index is 5.87. The van der Waals surface area contributed by atoms with Gasteiger partial charge in [-0.05, 0) is 47.3 Å². The number of aromatic nitrogens is 1. The Hall–Kier alpha value is -0.650. The van der Waals surface area contributed by atoms with Crippen LogP contribution in [-0.2, 0) is 9.47 Å². The summed E-state index contributed by atoms with van der Waals surface area (Å²) < 4.78 is 12.6. The number of hydrogen-bond acceptors (Lipinski definition) is 4. The van der Waals surface area contributed by atoms with Gasteiger partial charge in [0.1, 0.15) is 11.9 Å². The number of hydrogen-bond donors (Lipinski definition) is 0.